The maximum atomic E-state index is 11.9. The highest BCUT2D eigenvalue weighted by Gasteiger charge is 2.35. The van der Waals surface area contributed by atoms with Crippen LogP contribution >= 0.6 is 0 Å². The number of hydrogen-bond donors (Lipinski definition) is 1. The molecule has 0 amide bonds. The summed E-state index contributed by atoms with van der Waals surface area (Å²) in [5, 5.41) is 9.77. The van der Waals surface area contributed by atoms with Crippen molar-refractivity contribution in [1.29, 1.82) is 0 Å². The van der Waals surface area contributed by atoms with Crippen molar-refractivity contribution in [2.45, 2.75) is 46.2 Å². The van der Waals surface area contributed by atoms with Crippen LogP contribution in [0.4, 0.5) is 0 Å². The van der Waals surface area contributed by atoms with Crippen molar-refractivity contribution in [1.82, 2.24) is 19.4 Å². The molecule has 6 nitrogen and oxygen atoms in total. The quantitative estimate of drug-likeness (QED) is 0.918. The average molecular weight is 308 g/mol. The van der Waals surface area contributed by atoms with E-state index >= 15 is 0 Å². The Hall–Kier alpha value is -1.40. The monoisotopic (exact) mass is 308 g/mol. The van der Waals surface area contributed by atoms with E-state index in [1.165, 1.54) is 0 Å². The topological polar surface area (TPSA) is 61.6 Å². The summed E-state index contributed by atoms with van der Waals surface area (Å²) in [5.41, 5.74) is 1.74. The van der Waals surface area contributed by atoms with Gasteiger partial charge in [-0.2, -0.15) is 0 Å². The van der Waals surface area contributed by atoms with Gasteiger partial charge >= 0.3 is 5.97 Å². The fourth-order valence-electron chi connectivity index (χ4n) is 3.27. The summed E-state index contributed by atoms with van der Waals surface area (Å²) >= 11 is 0. The second-order valence-electron chi connectivity index (χ2n) is 7.12. The van der Waals surface area contributed by atoms with Gasteiger partial charge in [0.25, 0.3) is 0 Å². The van der Waals surface area contributed by atoms with E-state index in [0.29, 0.717) is 0 Å². The lowest BCUT2D eigenvalue weighted by Crippen LogP contribution is -2.55. The number of rotatable bonds is 3. The molecule has 1 unspecified atom stereocenters. The highest BCUT2D eigenvalue weighted by molar-refractivity contribution is 5.75. The SMILES string of the molecule is Cc1nc(C)n(C)c1C(C(=O)O)N1CCN(C(C)(C)C)CC1. The van der Waals surface area contributed by atoms with E-state index in [1.807, 2.05) is 25.5 Å². The molecule has 1 atom stereocenters. The van der Waals surface area contributed by atoms with E-state index in [4.69, 9.17) is 0 Å². The molecule has 0 bridgehead atoms. The first kappa shape index (κ1) is 17.0. The molecule has 0 spiro atoms. The van der Waals surface area contributed by atoms with Crippen LogP contribution in [0, 0.1) is 13.8 Å². The fraction of sp³-hybridized carbons (Fsp3) is 0.750. The van der Waals surface area contributed by atoms with Crippen LogP contribution in [0.15, 0.2) is 0 Å². The van der Waals surface area contributed by atoms with E-state index in [2.05, 4.69) is 35.6 Å². The van der Waals surface area contributed by atoms with E-state index in [-0.39, 0.29) is 5.54 Å². The Morgan fingerprint density at radius 1 is 1.18 bits per heavy atom. The lowest BCUT2D eigenvalue weighted by atomic mass is 10.0. The molecule has 1 aromatic rings. The van der Waals surface area contributed by atoms with Crippen LogP contribution in [0.25, 0.3) is 0 Å². The van der Waals surface area contributed by atoms with Gasteiger partial charge in [0.1, 0.15) is 5.82 Å². The van der Waals surface area contributed by atoms with E-state index in [0.717, 1.165) is 43.4 Å². The zero-order chi connectivity index (χ0) is 16.7. The third-order valence-electron chi connectivity index (χ3n) is 4.67. The predicted molar refractivity (Wildman–Crippen MR) is 86.0 cm³/mol. The summed E-state index contributed by atoms with van der Waals surface area (Å²) < 4.78 is 1.91. The summed E-state index contributed by atoms with van der Waals surface area (Å²) in [7, 11) is 1.89. The van der Waals surface area contributed by atoms with Gasteiger partial charge in [0.05, 0.1) is 11.4 Å². The maximum absolute atomic E-state index is 11.9. The van der Waals surface area contributed by atoms with Gasteiger partial charge in [-0.3, -0.25) is 14.6 Å². The number of carbonyl (C=O) groups is 1. The van der Waals surface area contributed by atoms with Gasteiger partial charge in [-0.05, 0) is 34.6 Å². The van der Waals surface area contributed by atoms with Gasteiger partial charge in [-0.15, -0.1) is 0 Å². The van der Waals surface area contributed by atoms with E-state index < -0.39 is 12.0 Å². The average Bonchev–Trinajstić information content (AvgIpc) is 2.65. The van der Waals surface area contributed by atoms with Crippen LogP contribution in [0.5, 0.6) is 0 Å². The third kappa shape index (κ3) is 3.17. The summed E-state index contributed by atoms with van der Waals surface area (Å²) in [4.78, 5) is 20.8. The number of aromatic nitrogens is 2. The number of imidazole rings is 1. The Balaban J connectivity index is 2.23. The van der Waals surface area contributed by atoms with Crippen LogP contribution < -0.4 is 0 Å². The number of carboxylic acid groups (broad SMARTS) is 1. The smallest absolute Gasteiger partial charge is 0.327 e. The highest BCUT2D eigenvalue weighted by atomic mass is 16.4. The summed E-state index contributed by atoms with van der Waals surface area (Å²) in [6.45, 7) is 13.7. The molecule has 0 aromatic carbocycles. The Morgan fingerprint density at radius 2 is 1.73 bits per heavy atom. The van der Waals surface area contributed by atoms with Crippen LogP contribution in [-0.4, -0.2) is 62.1 Å². The van der Waals surface area contributed by atoms with E-state index in [1.54, 1.807) is 0 Å². The molecule has 6 heteroatoms. The molecule has 1 aliphatic heterocycles. The van der Waals surface area contributed by atoms with Gasteiger partial charge in [-0.1, -0.05) is 0 Å². The Bertz CT molecular complexity index is 551. The molecule has 0 radical (unpaired) electrons. The lowest BCUT2D eigenvalue weighted by Gasteiger charge is -2.43. The zero-order valence-electron chi connectivity index (χ0n) is 14.6. The summed E-state index contributed by atoms with van der Waals surface area (Å²) in [5.74, 6) is 0.0578. The van der Waals surface area contributed by atoms with Crippen LogP contribution in [0.1, 0.15) is 44.0 Å². The number of aryl methyl sites for hydroxylation is 2. The number of aliphatic carboxylic acids is 1. The van der Waals surface area contributed by atoms with Crippen LogP contribution in [0.2, 0.25) is 0 Å². The van der Waals surface area contributed by atoms with Gasteiger partial charge in [0, 0.05) is 38.8 Å². The van der Waals surface area contributed by atoms with Crippen molar-refractivity contribution in [3.05, 3.63) is 17.2 Å². The Labute approximate surface area is 132 Å². The molecule has 1 aromatic heterocycles. The molecule has 1 aliphatic rings. The minimum absolute atomic E-state index is 0.129. The first-order valence-corrected chi connectivity index (χ1v) is 7.84. The van der Waals surface area contributed by atoms with Gasteiger partial charge in [0.15, 0.2) is 6.04 Å². The molecular weight excluding hydrogens is 280 g/mol. The van der Waals surface area contributed by atoms with Crippen molar-refractivity contribution < 1.29 is 9.90 Å². The van der Waals surface area contributed by atoms with Gasteiger partial charge in [0.2, 0.25) is 0 Å². The standard InChI is InChI=1S/C16H28N4O2/c1-11-13(18(6)12(2)17-11)14(15(21)22)19-7-9-20(10-8-19)16(3,4)5/h14H,7-10H2,1-6H3,(H,21,22). The minimum Gasteiger partial charge on any atom is -0.480 e. The molecular formula is C16H28N4O2. The van der Waals surface area contributed by atoms with Crippen LogP contribution in [0.3, 0.4) is 0 Å². The normalized spacial score (nSPS) is 19.4. The predicted octanol–water partition coefficient (Wildman–Crippen LogP) is 1.58. The minimum atomic E-state index is -0.796. The molecule has 2 rings (SSSR count). The molecule has 22 heavy (non-hydrogen) atoms. The number of piperazine rings is 1. The van der Waals surface area contributed by atoms with Crippen molar-refractivity contribution >= 4 is 5.97 Å². The Kier molecular flexibility index (Phi) is 4.63. The number of hydrogen-bond acceptors (Lipinski definition) is 4. The van der Waals surface area contributed by atoms with Gasteiger partial charge in [-0.25, -0.2) is 4.98 Å². The molecule has 124 valence electrons. The van der Waals surface area contributed by atoms with Crippen molar-refractivity contribution in [3.63, 3.8) is 0 Å². The molecule has 2 heterocycles. The molecule has 1 saturated heterocycles. The first-order chi connectivity index (χ1) is 10.1. The Morgan fingerprint density at radius 3 is 2.09 bits per heavy atom. The van der Waals surface area contributed by atoms with Crippen molar-refractivity contribution in [2.24, 2.45) is 7.05 Å². The second kappa shape index (κ2) is 6.01. The second-order valence-corrected chi connectivity index (χ2v) is 7.12. The third-order valence-corrected chi connectivity index (χ3v) is 4.67. The molecule has 1 N–H and O–H groups in total. The van der Waals surface area contributed by atoms with E-state index in [9.17, 15) is 9.90 Å². The van der Waals surface area contributed by atoms with Crippen molar-refractivity contribution in [3.8, 4) is 0 Å². The molecule has 1 fully saturated rings. The largest absolute Gasteiger partial charge is 0.480 e. The number of nitrogens with zero attached hydrogens (tertiary/aromatic N) is 4. The first-order valence-electron chi connectivity index (χ1n) is 7.84. The number of carboxylic acids is 1. The van der Waals surface area contributed by atoms with Crippen LogP contribution in [-0.2, 0) is 11.8 Å². The van der Waals surface area contributed by atoms with Crippen molar-refractivity contribution in [2.75, 3.05) is 26.2 Å². The fourth-order valence-corrected chi connectivity index (χ4v) is 3.27. The van der Waals surface area contributed by atoms with Gasteiger partial charge < -0.3 is 9.67 Å². The lowest BCUT2D eigenvalue weighted by molar-refractivity contribution is -0.145. The zero-order valence-corrected chi connectivity index (χ0v) is 14.6. The molecule has 0 saturated carbocycles. The highest BCUT2D eigenvalue weighted by Crippen LogP contribution is 2.27. The summed E-state index contributed by atoms with van der Waals surface area (Å²) in [6.07, 6.45) is 0. The summed E-state index contributed by atoms with van der Waals surface area (Å²) in [6, 6.07) is -0.617. The molecule has 0 aliphatic carbocycles. The maximum Gasteiger partial charge on any atom is 0.327 e.